The number of rotatable bonds is 7. The maximum atomic E-state index is 10.4. The van der Waals surface area contributed by atoms with Crippen LogP contribution in [0, 0.1) is 11.3 Å². The molecule has 0 radical (unpaired) electrons. The standard InChI is InChI=1S/C11H17NO2/c1-2-3-4-5-6-7-8-10(9-12)11(13)14/h8H,2-7H2,1H3,(H,13,14). The largest absolute Gasteiger partial charge is 0.477 e. The van der Waals surface area contributed by atoms with E-state index in [1.165, 1.54) is 25.3 Å². The number of hydrogen-bond donors (Lipinski definition) is 1. The van der Waals surface area contributed by atoms with Gasteiger partial charge in [0.1, 0.15) is 11.6 Å². The molecule has 0 rings (SSSR count). The number of unbranched alkanes of at least 4 members (excludes halogenated alkanes) is 5. The highest BCUT2D eigenvalue weighted by Gasteiger charge is 2.03. The molecule has 0 saturated heterocycles. The molecular weight excluding hydrogens is 178 g/mol. The second kappa shape index (κ2) is 8.31. The molecule has 0 amide bonds. The first-order valence-corrected chi connectivity index (χ1v) is 5.06. The summed E-state index contributed by atoms with van der Waals surface area (Å²) in [4.78, 5) is 10.4. The minimum absolute atomic E-state index is 0.138. The van der Waals surface area contributed by atoms with Crippen molar-refractivity contribution in [3.05, 3.63) is 11.6 Å². The van der Waals surface area contributed by atoms with Gasteiger partial charge in [-0.3, -0.25) is 0 Å². The molecule has 0 aliphatic rings. The van der Waals surface area contributed by atoms with Gasteiger partial charge >= 0.3 is 5.97 Å². The zero-order valence-electron chi connectivity index (χ0n) is 8.62. The lowest BCUT2D eigenvalue weighted by Crippen LogP contribution is -1.97. The Kier molecular flexibility index (Phi) is 7.53. The number of carboxylic acid groups (broad SMARTS) is 1. The first-order chi connectivity index (χ1) is 6.72. The topological polar surface area (TPSA) is 61.1 Å². The Labute approximate surface area is 85.0 Å². The van der Waals surface area contributed by atoms with Crippen LogP contribution in [0.2, 0.25) is 0 Å². The number of carboxylic acids is 1. The Morgan fingerprint density at radius 3 is 2.50 bits per heavy atom. The maximum absolute atomic E-state index is 10.4. The summed E-state index contributed by atoms with van der Waals surface area (Å²) in [5, 5.41) is 17.0. The predicted molar refractivity (Wildman–Crippen MR) is 54.7 cm³/mol. The molecule has 0 aromatic heterocycles. The summed E-state index contributed by atoms with van der Waals surface area (Å²) in [5.41, 5.74) is -0.138. The van der Waals surface area contributed by atoms with Crippen molar-refractivity contribution >= 4 is 5.97 Å². The lowest BCUT2D eigenvalue weighted by Gasteiger charge is -1.96. The normalized spacial score (nSPS) is 11.0. The Morgan fingerprint density at radius 2 is 2.00 bits per heavy atom. The lowest BCUT2D eigenvalue weighted by molar-refractivity contribution is -0.132. The van der Waals surface area contributed by atoms with Crippen LogP contribution in [0.3, 0.4) is 0 Å². The minimum Gasteiger partial charge on any atom is -0.477 e. The van der Waals surface area contributed by atoms with E-state index in [1.54, 1.807) is 6.07 Å². The van der Waals surface area contributed by atoms with Crippen LogP contribution in [-0.2, 0) is 4.79 Å². The molecule has 0 aliphatic carbocycles. The van der Waals surface area contributed by atoms with Crippen molar-refractivity contribution in [2.75, 3.05) is 0 Å². The van der Waals surface area contributed by atoms with Gasteiger partial charge in [0.05, 0.1) is 0 Å². The van der Waals surface area contributed by atoms with E-state index in [0.29, 0.717) is 6.42 Å². The van der Waals surface area contributed by atoms with Gasteiger partial charge in [-0.05, 0) is 12.8 Å². The van der Waals surface area contributed by atoms with Gasteiger partial charge in [-0.15, -0.1) is 0 Å². The molecule has 0 heterocycles. The van der Waals surface area contributed by atoms with Crippen molar-refractivity contribution in [3.63, 3.8) is 0 Å². The second-order valence-electron chi connectivity index (χ2n) is 3.24. The number of nitrogens with zero attached hydrogens (tertiary/aromatic N) is 1. The molecule has 0 aromatic carbocycles. The Hall–Kier alpha value is -1.30. The van der Waals surface area contributed by atoms with Gasteiger partial charge in [-0.2, -0.15) is 5.26 Å². The fourth-order valence-corrected chi connectivity index (χ4v) is 1.18. The van der Waals surface area contributed by atoms with E-state index in [0.717, 1.165) is 12.8 Å². The average Bonchev–Trinajstić information content (AvgIpc) is 2.16. The summed E-state index contributed by atoms with van der Waals surface area (Å²) in [6, 6.07) is 1.67. The highest BCUT2D eigenvalue weighted by molar-refractivity contribution is 5.90. The molecule has 0 aliphatic heterocycles. The van der Waals surface area contributed by atoms with Gasteiger partial charge in [-0.25, -0.2) is 4.79 Å². The van der Waals surface area contributed by atoms with Crippen LogP contribution in [-0.4, -0.2) is 11.1 Å². The lowest BCUT2D eigenvalue weighted by atomic mass is 10.1. The Morgan fingerprint density at radius 1 is 1.36 bits per heavy atom. The van der Waals surface area contributed by atoms with E-state index in [4.69, 9.17) is 10.4 Å². The summed E-state index contributed by atoms with van der Waals surface area (Å²) in [6.45, 7) is 2.15. The number of allylic oxidation sites excluding steroid dienone is 1. The maximum Gasteiger partial charge on any atom is 0.346 e. The van der Waals surface area contributed by atoms with Crippen molar-refractivity contribution in [2.24, 2.45) is 0 Å². The Bertz CT molecular complexity index is 238. The molecule has 0 atom stereocenters. The second-order valence-corrected chi connectivity index (χ2v) is 3.24. The van der Waals surface area contributed by atoms with Crippen LogP contribution in [0.5, 0.6) is 0 Å². The van der Waals surface area contributed by atoms with Crippen molar-refractivity contribution < 1.29 is 9.90 Å². The zero-order valence-corrected chi connectivity index (χ0v) is 8.62. The van der Waals surface area contributed by atoms with Gasteiger partial charge in [0.15, 0.2) is 0 Å². The SMILES string of the molecule is CCCCCCCC=C(C#N)C(=O)O. The Balaban J connectivity index is 3.60. The first kappa shape index (κ1) is 12.7. The molecule has 1 N–H and O–H groups in total. The van der Waals surface area contributed by atoms with Crippen molar-refractivity contribution in [1.82, 2.24) is 0 Å². The van der Waals surface area contributed by atoms with E-state index in [1.807, 2.05) is 0 Å². The van der Waals surface area contributed by atoms with Crippen molar-refractivity contribution in [3.8, 4) is 6.07 Å². The van der Waals surface area contributed by atoms with Gasteiger partial charge < -0.3 is 5.11 Å². The summed E-state index contributed by atoms with van der Waals surface area (Å²) in [6.07, 6.45) is 7.91. The number of carbonyl (C=O) groups is 1. The molecule has 14 heavy (non-hydrogen) atoms. The van der Waals surface area contributed by atoms with E-state index in [2.05, 4.69) is 6.92 Å². The molecule has 0 unspecified atom stereocenters. The van der Waals surface area contributed by atoms with Crippen LogP contribution in [0.4, 0.5) is 0 Å². The highest BCUT2D eigenvalue weighted by atomic mass is 16.4. The molecular formula is C11H17NO2. The van der Waals surface area contributed by atoms with E-state index >= 15 is 0 Å². The number of nitriles is 1. The third-order valence-corrected chi connectivity index (χ3v) is 2.01. The molecule has 3 nitrogen and oxygen atoms in total. The molecule has 3 heteroatoms. The van der Waals surface area contributed by atoms with Crippen LogP contribution in [0.15, 0.2) is 11.6 Å². The average molecular weight is 195 g/mol. The van der Waals surface area contributed by atoms with E-state index in [9.17, 15) is 4.79 Å². The summed E-state index contributed by atoms with van der Waals surface area (Å²) < 4.78 is 0. The first-order valence-electron chi connectivity index (χ1n) is 5.06. The predicted octanol–water partition coefficient (Wildman–Crippen LogP) is 2.88. The fraction of sp³-hybridized carbons (Fsp3) is 0.636. The van der Waals surface area contributed by atoms with Gasteiger partial charge in [-0.1, -0.05) is 38.7 Å². The highest BCUT2D eigenvalue weighted by Crippen LogP contribution is 2.06. The van der Waals surface area contributed by atoms with Crippen molar-refractivity contribution in [1.29, 1.82) is 5.26 Å². The number of aliphatic carboxylic acids is 1. The van der Waals surface area contributed by atoms with Crippen molar-refractivity contribution in [2.45, 2.75) is 45.4 Å². The summed E-state index contributed by atoms with van der Waals surface area (Å²) in [7, 11) is 0. The van der Waals surface area contributed by atoms with Crippen LogP contribution >= 0.6 is 0 Å². The zero-order chi connectivity index (χ0) is 10.8. The number of hydrogen-bond acceptors (Lipinski definition) is 2. The molecule has 0 fully saturated rings. The van der Waals surface area contributed by atoms with Crippen LogP contribution in [0.25, 0.3) is 0 Å². The third kappa shape index (κ3) is 6.24. The van der Waals surface area contributed by atoms with Crippen LogP contribution in [0.1, 0.15) is 45.4 Å². The smallest absolute Gasteiger partial charge is 0.346 e. The molecule has 78 valence electrons. The minimum atomic E-state index is -1.12. The molecule has 0 aromatic rings. The summed E-state index contributed by atoms with van der Waals surface area (Å²) in [5.74, 6) is -1.12. The van der Waals surface area contributed by atoms with E-state index in [-0.39, 0.29) is 5.57 Å². The van der Waals surface area contributed by atoms with Gasteiger partial charge in [0.2, 0.25) is 0 Å². The molecule has 0 spiro atoms. The monoisotopic (exact) mass is 195 g/mol. The van der Waals surface area contributed by atoms with Gasteiger partial charge in [0.25, 0.3) is 0 Å². The van der Waals surface area contributed by atoms with E-state index < -0.39 is 5.97 Å². The summed E-state index contributed by atoms with van der Waals surface area (Å²) >= 11 is 0. The van der Waals surface area contributed by atoms with Crippen LogP contribution < -0.4 is 0 Å². The quantitative estimate of drug-likeness (QED) is 0.386. The third-order valence-electron chi connectivity index (χ3n) is 2.01. The fourth-order valence-electron chi connectivity index (χ4n) is 1.18. The molecule has 0 bridgehead atoms. The van der Waals surface area contributed by atoms with Gasteiger partial charge in [0, 0.05) is 0 Å². The molecule has 0 saturated carbocycles.